The third kappa shape index (κ3) is 3.81. The minimum atomic E-state index is 0.0753. The molecule has 0 saturated heterocycles. The second kappa shape index (κ2) is 7.11. The minimum Gasteiger partial charge on any atom is -0.496 e. The largest absolute Gasteiger partial charge is 0.496 e. The summed E-state index contributed by atoms with van der Waals surface area (Å²) in [4.78, 5) is 0. The average molecular weight is 253 g/mol. The molecule has 0 bridgehead atoms. The van der Waals surface area contributed by atoms with E-state index < -0.39 is 0 Å². The third-order valence-electron chi connectivity index (χ3n) is 2.57. The standard InChI is InChI=1S/C14H23NO3/c1-5-6-18-14-8-11(7-10(2)15)12(16-3)9-13(14)17-4/h8-10H,5-7,15H2,1-4H3. The monoisotopic (exact) mass is 253 g/mol. The maximum Gasteiger partial charge on any atom is 0.164 e. The highest BCUT2D eigenvalue weighted by atomic mass is 16.5. The maximum atomic E-state index is 5.84. The number of hydrogen-bond donors (Lipinski definition) is 1. The molecule has 4 nitrogen and oxygen atoms in total. The molecule has 0 aromatic heterocycles. The Labute approximate surface area is 109 Å². The smallest absolute Gasteiger partial charge is 0.164 e. The molecule has 1 aromatic carbocycles. The Morgan fingerprint density at radius 3 is 2.28 bits per heavy atom. The van der Waals surface area contributed by atoms with Gasteiger partial charge in [0.05, 0.1) is 20.8 Å². The van der Waals surface area contributed by atoms with E-state index in [0.29, 0.717) is 12.4 Å². The van der Waals surface area contributed by atoms with Gasteiger partial charge in [-0.2, -0.15) is 0 Å². The highest BCUT2D eigenvalue weighted by molar-refractivity contribution is 5.51. The van der Waals surface area contributed by atoms with Gasteiger partial charge >= 0.3 is 0 Å². The van der Waals surface area contributed by atoms with Crippen LogP contribution in [0.25, 0.3) is 0 Å². The van der Waals surface area contributed by atoms with Gasteiger partial charge in [0.25, 0.3) is 0 Å². The van der Waals surface area contributed by atoms with Gasteiger partial charge in [0.2, 0.25) is 0 Å². The normalized spacial score (nSPS) is 12.1. The van der Waals surface area contributed by atoms with Crippen molar-refractivity contribution in [3.05, 3.63) is 17.7 Å². The molecule has 0 amide bonds. The van der Waals surface area contributed by atoms with Crippen LogP contribution in [0.4, 0.5) is 0 Å². The Kier molecular flexibility index (Phi) is 5.78. The van der Waals surface area contributed by atoms with Crippen molar-refractivity contribution in [3.63, 3.8) is 0 Å². The molecular formula is C14H23NO3. The van der Waals surface area contributed by atoms with Crippen molar-refractivity contribution in [2.45, 2.75) is 32.7 Å². The predicted molar refractivity (Wildman–Crippen MR) is 72.7 cm³/mol. The Morgan fingerprint density at radius 1 is 1.11 bits per heavy atom. The molecule has 0 aliphatic heterocycles. The van der Waals surface area contributed by atoms with Crippen LogP contribution in [0.2, 0.25) is 0 Å². The van der Waals surface area contributed by atoms with Crippen LogP contribution >= 0.6 is 0 Å². The van der Waals surface area contributed by atoms with Gasteiger partial charge in [0.15, 0.2) is 11.5 Å². The number of methoxy groups -OCH3 is 2. The molecule has 102 valence electrons. The average Bonchev–Trinajstić information content (AvgIpc) is 2.35. The molecule has 0 heterocycles. The van der Waals surface area contributed by atoms with Crippen molar-refractivity contribution in [1.29, 1.82) is 0 Å². The number of ether oxygens (including phenoxy) is 3. The SMILES string of the molecule is CCCOc1cc(CC(C)N)c(OC)cc1OC. The van der Waals surface area contributed by atoms with E-state index in [9.17, 15) is 0 Å². The third-order valence-corrected chi connectivity index (χ3v) is 2.57. The molecule has 0 saturated carbocycles. The second-order valence-corrected chi connectivity index (χ2v) is 4.34. The lowest BCUT2D eigenvalue weighted by Gasteiger charge is -2.16. The fourth-order valence-corrected chi connectivity index (χ4v) is 1.76. The highest BCUT2D eigenvalue weighted by Gasteiger charge is 2.13. The van der Waals surface area contributed by atoms with Crippen LogP contribution in [0.1, 0.15) is 25.8 Å². The molecule has 1 rings (SSSR count). The Balaban J connectivity index is 3.07. The quantitative estimate of drug-likeness (QED) is 0.810. The van der Waals surface area contributed by atoms with Gasteiger partial charge in [0.1, 0.15) is 5.75 Å². The van der Waals surface area contributed by atoms with E-state index >= 15 is 0 Å². The van der Waals surface area contributed by atoms with Crippen LogP contribution < -0.4 is 19.9 Å². The van der Waals surface area contributed by atoms with Gasteiger partial charge in [-0.1, -0.05) is 6.92 Å². The maximum absolute atomic E-state index is 5.84. The number of rotatable bonds is 7. The van der Waals surface area contributed by atoms with E-state index in [2.05, 4.69) is 6.92 Å². The van der Waals surface area contributed by atoms with Gasteiger partial charge in [0, 0.05) is 12.1 Å². The molecule has 18 heavy (non-hydrogen) atoms. The lowest BCUT2D eigenvalue weighted by molar-refractivity contribution is 0.292. The van der Waals surface area contributed by atoms with Gasteiger partial charge in [-0.3, -0.25) is 0 Å². The van der Waals surface area contributed by atoms with Crippen molar-refractivity contribution < 1.29 is 14.2 Å². The Bertz CT molecular complexity index is 378. The molecule has 1 aromatic rings. The van der Waals surface area contributed by atoms with E-state index in [1.54, 1.807) is 14.2 Å². The second-order valence-electron chi connectivity index (χ2n) is 4.34. The molecule has 0 spiro atoms. The summed E-state index contributed by atoms with van der Waals surface area (Å²) in [6, 6.07) is 3.88. The van der Waals surface area contributed by atoms with Crippen molar-refractivity contribution in [2.75, 3.05) is 20.8 Å². The summed E-state index contributed by atoms with van der Waals surface area (Å²) in [5.41, 5.74) is 6.88. The summed E-state index contributed by atoms with van der Waals surface area (Å²) in [6.07, 6.45) is 1.70. The summed E-state index contributed by atoms with van der Waals surface area (Å²) < 4.78 is 16.3. The fraction of sp³-hybridized carbons (Fsp3) is 0.571. The van der Waals surface area contributed by atoms with Crippen molar-refractivity contribution in [1.82, 2.24) is 0 Å². The Morgan fingerprint density at radius 2 is 1.78 bits per heavy atom. The number of benzene rings is 1. The first-order valence-corrected chi connectivity index (χ1v) is 6.25. The first-order valence-electron chi connectivity index (χ1n) is 6.25. The molecule has 4 heteroatoms. The predicted octanol–water partition coefficient (Wildman–Crippen LogP) is 2.38. The molecule has 0 aliphatic rings. The fourth-order valence-electron chi connectivity index (χ4n) is 1.76. The first kappa shape index (κ1) is 14.6. The minimum absolute atomic E-state index is 0.0753. The van der Waals surface area contributed by atoms with Gasteiger partial charge < -0.3 is 19.9 Å². The topological polar surface area (TPSA) is 53.7 Å². The van der Waals surface area contributed by atoms with Crippen LogP contribution in [0.5, 0.6) is 17.2 Å². The molecule has 0 aliphatic carbocycles. The highest BCUT2D eigenvalue weighted by Crippen LogP contribution is 2.35. The molecule has 1 atom stereocenters. The zero-order valence-corrected chi connectivity index (χ0v) is 11.7. The van der Waals surface area contributed by atoms with Crippen LogP contribution in [-0.4, -0.2) is 26.9 Å². The van der Waals surface area contributed by atoms with Gasteiger partial charge in [-0.25, -0.2) is 0 Å². The van der Waals surface area contributed by atoms with Crippen LogP contribution in [0.3, 0.4) is 0 Å². The van der Waals surface area contributed by atoms with Crippen LogP contribution in [0, 0.1) is 0 Å². The van der Waals surface area contributed by atoms with E-state index in [-0.39, 0.29) is 6.04 Å². The molecule has 0 radical (unpaired) electrons. The number of nitrogens with two attached hydrogens (primary N) is 1. The molecular weight excluding hydrogens is 230 g/mol. The van der Waals surface area contributed by atoms with Gasteiger partial charge in [-0.05, 0) is 31.4 Å². The molecule has 1 unspecified atom stereocenters. The lowest BCUT2D eigenvalue weighted by atomic mass is 10.1. The van der Waals surface area contributed by atoms with E-state index in [0.717, 1.165) is 29.9 Å². The zero-order chi connectivity index (χ0) is 13.5. The van der Waals surface area contributed by atoms with E-state index in [1.807, 2.05) is 19.1 Å². The summed E-state index contributed by atoms with van der Waals surface area (Å²) in [7, 11) is 3.27. The lowest BCUT2D eigenvalue weighted by Crippen LogP contribution is -2.18. The summed E-state index contributed by atoms with van der Waals surface area (Å²) >= 11 is 0. The van der Waals surface area contributed by atoms with Crippen molar-refractivity contribution in [2.24, 2.45) is 5.73 Å². The van der Waals surface area contributed by atoms with Crippen LogP contribution in [-0.2, 0) is 6.42 Å². The first-order chi connectivity index (χ1) is 8.62. The Hall–Kier alpha value is -1.42. The van der Waals surface area contributed by atoms with E-state index in [1.165, 1.54) is 0 Å². The summed E-state index contributed by atoms with van der Waals surface area (Å²) in [6.45, 7) is 4.70. The van der Waals surface area contributed by atoms with Gasteiger partial charge in [-0.15, -0.1) is 0 Å². The molecule has 2 N–H and O–H groups in total. The summed E-state index contributed by atoms with van der Waals surface area (Å²) in [5, 5.41) is 0. The zero-order valence-electron chi connectivity index (χ0n) is 11.7. The number of hydrogen-bond acceptors (Lipinski definition) is 4. The van der Waals surface area contributed by atoms with Crippen molar-refractivity contribution >= 4 is 0 Å². The summed E-state index contributed by atoms with van der Waals surface area (Å²) in [5.74, 6) is 2.22. The van der Waals surface area contributed by atoms with Crippen LogP contribution in [0.15, 0.2) is 12.1 Å². The molecule has 0 fully saturated rings. The van der Waals surface area contributed by atoms with Crippen molar-refractivity contribution in [3.8, 4) is 17.2 Å². The van der Waals surface area contributed by atoms with E-state index in [4.69, 9.17) is 19.9 Å².